The van der Waals surface area contributed by atoms with E-state index in [9.17, 15) is 9.90 Å². The van der Waals surface area contributed by atoms with Crippen molar-refractivity contribution in [2.24, 2.45) is 5.41 Å². The molecule has 1 amide bonds. The summed E-state index contributed by atoms with van der Waals surface area (Å²) in [7, 11) is 0. The average Bonchev–Trinajstić information content (AvgIpc) is 2.69. The lowest BCUT2D eigenvalue weighted by atomic mass is 9.93. The molecule has 160 valence electrons. The minimum atomic E-state index is -0.523. The summed E-state index contributed by atoms with van der Waals surface area (Å²) in [6.45, 7) is 7.30. The van der Waals surface area contributed by atoms with Crippen molar-refractivity contribution < 1.29 is 9.90 Å². The van der Waals surface area contributed by atoms with Crippen molar-refractivity contribution in [2.45, 2.75) is 27.7 Å². The Balaban J connectivity index is 1.85. The van der Waals surface area contributed by atoms with Gasteiger partial charge in [0.25, 0.3) is 5.91 Å². The quantitative estimate of drug-likeness (QED) is 0.205. The van der Waals surface area contributed by atoms with Crippen molar-refractivity contribution >= 4 is 45.9 Å². The number of carbonyl (C=O) groups excluding carboxylic acids is 1. The first-order valence-electron chi connectivity index (χ1n) is 9.36. The molecule has 4 N–H and O–H groups in total. The number of allylic oxidation sites excluding steroid dienone is 1. The first-order valence-corrected chi connectivity index (χ1v) is 9.74. The van der Waals surface area contributed by atoms with Crippen LogP contribution in [0.3, 0.4) is 0 Å². The lowest BCUT2D eigenvalue weighted by Gasteiger charge is -2.17. The van der Waals surface area contributed by atoms with Crippen molar-refractivity contribution in [3.05, 3.63) is 59.0 Å². The molecule has 3 rings (SSSR count). The van der Waals surface area contributed by atoms with Gasteiger partial charge in [-0.15, -0.1) is 0 Å². The summed E-state index contributed by atoms with van der Waals surface area (Å²) in [6.07, 6.45) is 3.89. The molecule has 0 spiro atoms. The van der Waals surface area contributed by atoms with Crippen LogP contribution in [0.2, 0.25) is 5.15 Å². The molecule has 0 atom stereocenters. The second-order valence-corrected chi connectivity index (χ2v) is 8.24. The summed E-state index contributed by atoms with van der Waals surface area (Å²) in [6, 6.07) is 5.06. The number of aliphatic hydroxyl groups excluding tert-OH is 1. The number of carbonyl (C=O) groups is 1. The third kappa shape index (κ3) is 5.13. The second kappa shape index (κ2) is 8.65. The van der Waals surface area contributed by atoms with E-state index >= 15 is 0 Å². The molecular formula is C21H22ClN7O2. The number of aryl methyl sites for hydroxylation is 1. The zero-order valence-electron chi connectivity index (χ0n) is 17.5. The number of nitrogens with one attached hydrogen (secondary N) is 3. The van der Waals surface area contributed by atoms with Crippen LogP contribution in [0.1, 0.15) is 36.7 Å². The molecule has 0 fully saturated rings. The summed E-state index contributed by atoms with van der Waals surface area (Å²) in [4.78, 5) is 29.0. The fourth-order valence-electron chi connectivity index (χ4n) is 2.55. The SMILES string of the molecule is Cc1ccc(C(=O)NC(=N)/C=C(\O)C(C)(C)C)cc1Nc1ncnc2c(Cl)ncnc12. The normalized spacial score (nSPS) is 12.0. The molecule has 1 aromatic carbocycles. The van der Waals surface area contributed by atoms with E-state index in [-0.39, 0.29) is 16.7 Å². The van der Waals surface area contributed by atoms with E-state index < -0.39 is 11.3 Å². The van der Waals surface area contributed by atoms with Crippen LogP contribution in [0.4, 0.5) is 11.5 Å². The first-order chi connectivity index (χ1) is 14.6. The van der Waals surface area contributed by atoms with Crippen molar-refractivity contribution in [2.75, 3.05) is 5.32 Å². The molecule has 0 unspecified atom stereocenters. The molecular weight excluding hydrogens is 418 g/mol. The van der Waals surface area contributed by atoms with Crippen LogP contribution in [0.25, 0.3) is 11.0 Å². The first kappa shape index (κ1) is 22.1. The van der Waals surface area contributed by atoms with Crippen LogP contribution in [0.15, 0.2) is 42.7 Å². The fourth-order valence-corrected chi connectivity index (χ4v) is 2.73. The highest BCUT2D eigenvalue weighted by Gasteiger charge is 2.17. The van der Waals surface area contributed by atoms with Crippen LogP contribution in [0, 0.1) is 17.7 Å². The lowest BCUT2D eigenvalue weighted by Crippen LogP contribution is -2.29. The Labute approximate surface area is 184 Å². The molecule has 0 saturated carbocycles. The van der Waals surface area contributed by atoms with E-state index in [1.54, 1.807) is 39.0 Å². The van der Waals surface area contributed by atoms with Gasteiger partial charge in [0.1, 0.15) is 35.3 Å². The zero-order chi connectivity index (χ0) is 22.8. The van der Waals surface area contributed by atoms with Gasteiger partial charge < -0.3 is 15.7 Å². The van der Waals surface area contributed by atoms with Crippen LogP contribution in [0.5, 0.6) is 0 Å². The maximum Gasteiger partial charge on any atom is 0.256 e. The minimum absolute atomic E-state index is 0.000326. The van der Waals surface area contributed by atoms with Gasteiger partial charge in [-0.05, 0) is 24.6 Å². The number of halogens is 1. The van der Waals surface area contributed by atoms with Gasteiger partial charge >= 0.3 is 0 Å². The van der Waals surface area contributed by atoms with E-state index in [4.69, 9.17) is 17.0 Å². The molecule has 0 aliphatic rings. The fraction of sp³-hybridized carbons (Fsp3) is 0.238. The number of aromatic nitrogens is 4. The topological polar surface area (TPSA) is 137 Å². The number of nitrogens with zero attached hydrogens (tertiary/aromatic N) is 4. The standard InChI is InChI=1S/C21H22ClN7O2/c1-11-5-6-12(20(31)29-15(23)8-14(30)21(2,3)4)7-13(11)28-19-17-16(24-10-27-19)18(22)26-9-25-17/h5-10,30H,1-4H3,(H2,23,29,31)(H,24,27,28)/b14-8-. The number of amidine groups is 1. The number of amides is 1. The molecule has 3 aromatic rings. The third-order valence-electron chi connectivity index (χ3n) is 4.43. The Bertz CT molecular complexity index is 1200. The van der Waals surface area contributed by atoms with Gasteiger partial charge in [0.15, 0.2) is 11.0 Å². The summed E-state index contributed by atoms with van der Waals surface area (Å²) in [5.74, 6) is -0.273. The van der Waals surface area contributed by atoms with Crippen molar-refractivity contribution in [1.29, 1.82) is 5.41 Å². The van der Waals surface area contributed by atoms with Crippen LogP contribution >= 0.6 is 11.6 Å². The molecule has 0 bridgehead atoms. The molecule has 9 nitrogen and oxygen atoms in total. The summed E-state index contributed by atoms with van der Waals surface area (Å²) >= 11 is 6.08. The van der Waals surface area contributed by atoms with Gasteiger partial charge in [0.05, 0.1) is 0 Å². The molecule has 0 saturated heterocycles. The number of rotatable bonds is 4. The van der Waals surface area contributed by atoms with Crippen molar-refractivity contribution in [1.82, 2.24) is 25.3 Å². The molecule has 0 radical (unpaired) electrons. The van der Waals surface area contributed by atoms with Crippen LogP contribution in [-0.4, -0.2) is 36.8 Å². The van der Waals surface area contributed by atoms with E-state index in [0.717, 1.165) is 5.56 Å². The van der Waals surface area contributed by atoms with E-state index in [1.165, 1.54) is 18.7 Å². The zero-order valence-corrected chi connectivity index (χ0v) is 18.2. The number of hydrogen-bond acceptors (Lipinski definition) is 8. The Morgan fingerprint density at radius 1 is 1.13 bits per heavy atom. The van der Waals surface area contributed by atoms with E-state index in [1.807, 2.05) is 6.92 Å². The van der Waals surface area contributed by atoms with Gasteiger partial charge in [-0.25, -0.2) is 19.9 Å². The van der Waals surface area contributed by atoms with Crippen molar-refractivity contribution in [3.63, 3.8) is 0 Å². The summed E-state index contributed by atoms with van der Waals surface area (Å²) in [5.41, 5.74) is 2.15. The molecule has 0 aliphatic heterocycles. The highest BCUT2D eigenvalue weighted by Crippen LogP contribution is 2.26. The Morgan fingerprint density at radius 2 is 1.81 bits per heavy atom. The number of aliphatic hydroxyl groups is 1. The largest absolute Gasteiger partial charge is 0.512 e. The lowest BCUT2D eigenvalue weighted by molar-refractivity contribution is 0.0977. The highest BCUT2D eigenvalue weighted by molar-refractivity contribution is 6.33. The highest BCUT2D eigenvalue weighted by atomic mass is 35.5. The van der Waals surface area contributed by atoms with Crippen LogP contribution < -0.4 is 10.6 Å². The average molecular weight is 440 g/mol. The Kier molecular flexibility index (Phi) is 6.16. The molecule has 10 heteroatoms. The third-order valence-corrected chi connectivity index (χ3v) is 4.70. The van der Waals surface area contributed by atoms with Gasteiger partial charge in [0, 0.05) is 22.7 Å². The monoisotopic (exact) mass is 439 g/mol. The van der Waals surface area contributed by atoms with E-state index in [2.05, 4.69) is 30.6 Å². The number of anilines is 2. The minimum Gasteiger partial charge on any atom is -0.512 e. The molecule has 2 heterocycles. The smallest absolute Gasteiger partial charge is 0.256 e. The second-order valence-electron chi connectivity index (χ2n) is 7.89. The van der Waals surface area contributed by atoms with Gasteiger partial charge in [-0.1, -0.05) is 38.4 Å². The Morgan fingerprint density at radius 3 is 2.52 bits per heavy atom. The number of hydrogen-bond donors (Lipinski definition) is 4. The van der Waals surface area contributed by atoms with Gasteiger partial charge in [-0.3, -0.25) is 10.2 Å². The van der Waals surface area contributed by atoms with Gasteiger partial charge in [-0.2, -0.15) is 0 Å². The summed E-state index contributed by atoms with van der Waals surface area (Å²) < 4.78 is 0. The maximum absolute atomic E-state index is 12.6. The number of benzene rings is 1. The summed E-state index contributed by atoms with van der Waals surface area (Å²) in [5, 5.41) is 23.8. The molecule has 31 heavy (non-hydrogen) atoms. The Hall–Kier alpha value is -3.59. The predicted octanol–water partition coefficient (Wildman–Crippen LogP) is 4.32. The molecule has 2 aromatic heterocycles. The maximum atomic E-state index is 12.6. The number of fused-ring (bicyclic) bond motifs is 1. The van der Waals surface area contributed by atoms with Crippen LogP contribution in [-0.2, 0) is 0 Å². The van der Waals surface area contributed by atoms with Crippen molar-refractivity contribution in [3.8, 4) is 0 Å². The molecule has 0 aliphatic carbocycles. The van der Waals surface area contributed by atoms with E-state index in [0.29, 0.717) is 28.1 Å². The predicted molar refractivity (Wildman–Crippen MR) is 120 cm³/mol. The van der Waals surface area contributed by atoms with Gasteiger partial charge in [0.2, 0.25) is 0 Å².